The summed E-state index contributed by atoms with van der Waals surface area (Å²) in [6, 6.07) is 32.9. The van der Waals surface area contributed by atoms with Crippen LogP contribution in [0.1, 0.15) is 30.7 Å². The maximum absolute atomic E-state index is 13.2. The average Bonchev–Trinajstić information content (AvgIpc) is 3.41. The molecule has 0 aliphatic heterocycles. The maximum Gasteiger partial charge on any atom is 2.00 e. The van der Waals surface area contributed by atoms with Crippen molar-refractivity contribution in [3.8, 4) is 28.2 Å². The van der Waals surface area contributed by atoms with Gasteiger partial charge in [-0.2, -0.15) is 42.5 Å². The van der Waals surface area contributed by atoms with Crippen molar-refractivity contribution in [2.24, 2.45) is 0 Å². The number of halogens is 3. The number of rotatable bonds is 5. The van der Waals surface area contributed by atoms with Crippen LogP contribution in [-0.4, -0.2) is 14.8 Å². The zero-order valence-corrected chi connectivity index (χ0v) is 22.3. The first-order chi connectivity index (χ1) is 17.2. The Morgan fingerprint density at radius 2 is 1.54 bits per heavy atom. The largest absolute Gasteiger partial charge is 2.00 e. The molecule has 0 bridgehead atoms. The summed E-state index contributed by atoms with van der Waals surface area (Å²) in [5, 5.41) is 4.77. The minimum absolute atomic E-state index is 0. The smallest absolute Gasteiger partial charge is 0.279 e. The Balaban J connectivity index is 0.00000320. The first kappa shape index (κ1) is 26.6. The summed E-state index contributed by atoms with van der Waals surface area (Å²) in [6.07, 6.45) is -2.63. The van der Waals surface area contributed by atoms with Crippen LogP contribution in [0.25, 0.3) is 28.2 Å². The van der Waals surface area contributed by atoms with Crippen LogP contribution < -0.4 is 0 Å². The molecule has 2 heterocycles. The van der Waals surface area contributed by atoms with Crippen LogP contribution in [0.5, 0.6) is 0 Å². The van der Waals surface area contributed by atoms with Crippen LogP contribution in [0.3, 0.4) is 0 Å². The molecule has 0 saturated heterocycles. The molecule has 0 unspecified atom stereocenters. The molecule has 5 aromatic rings. The van der Waals surface area contributed by atoms with Crippen molar-refractivity contribution >= 4 is 0 Å². The Kier molecular flexibility index (Phi) is 7.51. The van der Waals surface area contributed by atoms with Gasteiger partial charge in [-0.05, 0) is 29.0 Å². The third kappa shape index (κ3) is 5.60. The number of benzene rings is 3. The van der Waals surface area contributed by atoms with Crippen LogP contribution in [0, 0.1) is 12.1 Å². The van der Waals surface area contributed by atoms with E-state index in [2.05, 4.69) is 49.2 Å². The van der Waals surface area contributed by atoms with E-state index in [0.717, 1.165) is 34.5 Å². The van der Waals surface area contributed by atoms with Gasteiger partial charge in [0.25, 0.3) is 0 Å². The molecule has 0 atom stereocenters. The molecule has 0 radical (unpaired) electrons. The average molecular weight is 677 g/mol. The zero-order valence-electron chi connectivity index (χ0n) is 20.0. The predicted molar refractivity (Wildman–Crippen MR) is 133 cm³/mol. The summed E-state index contributed by atoms with van der Waals surface area (Å²) < 4.78 is 41.1. The van der Waals surface area contributed by atoms with Crippen LogP contribution in [0.15, 0.2) is 97.2 Å². The summed E-state index contributed by atoms with van der Waals surface area (Å²) in [6.45, 7) is 4.17. The molecule has 2 aromatic heterocycles. The number of hydrogen-bond donors (Lipinski definition) is 0. The summed E-state index contributed by atoms with van der Waals surface area (Å²) >= 11 is 0. The van der Waals surface area contributed by atoms with Crippen LogP contribution in [-0.2, 0) is 32.7 Å². The van der Waals surface area contributed by atoms with Gasteiger partial charge in [-0.3, -0.25) is 4.98 Å². The molecule has 0 aliphatic rings. The van der Waals surface area contributed by atoms with Gasteiger partial charge in [0.15, 0.2) is 0 Å². The number of aromatic nitrogens is 3. The maximum atomic E-state index is 13.2. The first-order valence-corrected chi connectivity index (χ1v) is 11.4. The number of alkyl halides is 3. The molecule has 0 N–H and O–H groups in total. The van der Waals surface area contributed by atoms with E-state index in [0.29, 0.717) is 11.5 Å². The van der Waals surface area contributed by atoms with Gasteiger partial charge >= 0.3 is 27.2 Å². The minimum Gasteiger partial charge on any atom is -0.279 e. The summed E-state index contributed by atoms with van der Waals surface area (Å²) in [5.74, 6) is 0.502. The van der Waals surface area contributed by atoms with E-state index in [1.807, 2.05) is 36.4 Å². The van der Waals surface area contributed by atoms with Gasteiger partial charge in [-0.15, -0.1) is 41.0 Å². The fourth-order valence-corrected chi connectivity index (χ4v) is 4.05. The number of hydrogen-bond acceptors (Lipinski definition) is 2. The molecule has 188 valence electrons. The normalized spacial score (nSPS) is 11.7. The van der Waals surface area contributed by atoms with Gasteiger partial charge in [-0.25, -0.2) is 4.68 Å². The van der Waals surface area contributed by atoms with E-state index < -0.39 is 17.2 Å². The van der Waals surface area contributed by atoms with E-state index in [9.17, 15) is 13.2 Å². The molecule has 0 saturated carbocycles. The van der Waals surface area contributed by atoms with Crippen molar-refractivity contribution in [1.29, 1.82) is 0 Å². The van der Waals surface area contributed by atoms with Gasteiger partial charge < -0.3 is 0 Å². The van der Waals surface area contributed by atoms with Crippen molar-refractivity contribution in [2.45, 2.75) is 25.4 Å². The van der Waals surface area contributed by atoms with Crippen molar-refractivity contribution in [2.75, 3.05) is 0 Å². The van der Waals surface area contributed by atoms with Crippen LogP contribution >= 0.6 is 0 Å². The molecule has 7 heteroatoms. The monoisotopic (exact) mass is 676 g/mol. The van der Waals surface area contributed by atoms with Crippen molar-refractivity contribution in [3.63, 3.8) is 0 Å². The molecule has 0 spiro atoms. The Hall–Kier alpha value is -3.50. The molecular formula is C30H22F3N3Pt. The van der Waals surface area contributed by atoms with Gasteiger partial charge in [0.1, 0.15) is 5.82 Å². The second-order valence-corrected chi connectivity index (χ2v) is 9.00. The molecule has 0 aliphatic carbocycles. The summed E-state index contributed by atoms with van der Waals surface area (Å²) in [4.78, 5) is 4.55. The summed E-state index contributed by atoms with van der Waals surface area (Å²) in [7, 11) is 0. The standard InChI is InChI=1S/C30H22F3N3.Pt/c1-29(2,24-13-6-11-22(19-24)21-9-4-3-5-10-21)27-17-18-36(35-27)28-16-8-15-26(34-28)23-12-7-14-25(20-23)30(31,32)33;/h3-11,14-20H,1-2H3;/q-2;+2. The third-order valence-corrected chi connectivity index (χ3v) is 6.19. The van der Waals surface area contributed by atoms with Crippen molar-refractivity contribution in [3.05, 3.63) is 126 Å². The Labute approximate surface area is 228 Å². The van der Waals surface area contributed by atoms with E-state index in [4.69, 9.17) is 5.10 Å². The Morgan fingerprint density at radius 3 is 2.30 bits per heavy atom. The zero-order chi connectivity index (χ0) is 25.3. The van der Waals surface area contributed by atoms with E-state index >= 15 is 0 Å². The van der Waals surface area contributed by atoms with Gasteiger partial charge in [0, 0.05) is 11.6 Å². The second-order valence-electron chi connectivity index (χ2n) is 9.00. The summed E-state index contributed by atoms with van der Waals surface area (Å²) in [5.41, 5.74) is 3.52. The fourth-order valence-electron chi connectivity index (χ4n) is 4.05. The quantitative estimate of drug-likeness (QED) is 0.180. The topological polar surface area (TPSA) is 30.7 Å². The Bertz CT molecular complexity index is 1510. The minimum atomic E-state index is -4.43. The van der Waals surface area contributed by atoms with Gasteiger partial charge in [-0.1, -0.05) is 56.3 Å². The number of pyridine rings is 1. The van der Waals surface area contributed by atoms with Gasteiger partial charge in [0.2, 0.25) is 0 Å². The Morgan fingerprint density at radius 1 is 0.784 bits per heavy atom. The SMILES string of the molecule is CC(C)(c1[c-]ccc(-c2ccccc2)c1)c1ccn(-c2cccc(-c3[c-]ccc(C(F)(F)F)c3)n2)n1.[Pt+2]. The molecule has 3 nitrogen and oxygen atoms in total. The van der Waals surface area contributed by atoms with E-state index in [1.165, 1.54) is 6.07 Å². The molecule has 37 heavy (non-hydrogen) atoms. The van der Waals surface area contributed by atoms with Crippen LogP contribution in [0.2, 0.25) is 0 Å². The molecular weight excluding hydrogens is 654 g/mol. The van der Waals surface area contributed by atoms with E-state index in [1.54, 1.807) is 29.1 Å². The number of nitrogens with zero attached hydrogens (tertiary/aromatic N) is 3. The molecule has 5 rings (SSSR count). The molecule has 3 aromatic carbocycles. The molecule has 0 fully saturated rings. The van der Waals surface area contributed by atoms with Crippen molar-refractivity contribution < 1.29 is 34.2 Å². The second kappa shape index (κ2) is 10.5. The van der Waals surface area contributed by atoms with Crippen molar-refractivity contribution in [1.82, 2.24) is 14.8 Å². The fraction of sp³-hybridized carbons (Fsp3) is 0.133. The first-order valence-electron chi connectivity index (χ1n) is 11.4. The molecule has 0 amide bonds. The third-order valence-electron chi connectivity index (χ3n) is 6.19. The van der Waals surface area contributed by atoms with E-state index in [-0.39, 0.29) is 26.6 Å². The van der Waals surface area contributed by atoms with Crippen LogP contribution in [0.4, 0.5) is 13.2 Å². The van der Waals surface area contributed by atoms with Gasteiger partial charge in [0.05, 0.1) is 5.69 Å². The predicted octanol–water partition coefficient (Wildman–Crippen LogP) is 7.54.